The Morgan fingerprint density at radius 3 is 3.09 bits per heavy atom. The van der Waals surface area contributed by atoms with Gasteiger partial charge in [-0.15, -0.1) is 0 Å². The van der Waals surface area contributed by atoms with Crippen LogP contribution in [0, 0.1) is 0 Å². The molecule has 0 amide bonds. The van der Waals surface area contributed by atoms with Gasteiger partial charge in [0.2, 0.25) is 0 Å². The largest absolute Gasteiger partial charge is 0.363 e. The first-order chi connectivity index (χ1) is 5.33. The maximum Gasteiger partial charge on any atom is 0.166 e. The van der Waals surface area contributed by atoms with E-state index in [4.69, 9.17) is 12.2 Å². The van der Waals surface area contributed by atoms with E-state index in [0.29, 0.717) is 6.04 Å². The summed E-state index contributed by atoms with van der Waals surface area (Å²) in [6.07, 6.45) is 1.25. The van der Waals surface area contributed by atoms with Crippen LogP contribution in [0.5, 0.6) is 0 Å². The Labute approximate surface area is 77.5 Å². The first-order valence-electron chi connectivity index (χ1n) is 3.95. The van der Waals surface area contributed by atoms with Gasteiger partial charge in [0.25, 0.3) is 0 Å². The maximum absolute atomic E-state index is 5.06. The zero-order valence-electron chi connectivity index (χ0n) is 6.72. The van der Waals surface area contributed by atoms with Crippen LogP contribution in [0.15, 0.2) is 0 Å². The predicted octanol–water partition coefficient (Wildman–Crippen LogP) is 0.976. The molecule has 64 valence electrons. The summed E-state index contributed by atoms with van der Waals surface area (Å²) < 4.78 is 0. The highest BCUT2D eigenvalue weighted by atomic mass is 32.2. The van der Waals surface area contributed by atoms with Crippen LogP contribution in [0.1, 0.15) is 13.3 Å². The molecule has 2 N–H and O–H groups in total. The molecule has 0 aliphatic carbocycles. The molecule has 0 radical (unpaired) electrons. The van der Waals surface area contributed by atoms with Gasteiger partial charge in [-0.3, -0.25) is 0 Å². The molecule has 1 unspecified atom stereocenters. The van der Waals surface area contributed by atoms with E-state index < -0.39 is 0 Å². The topological polar surface area (TPSA) is 24.1 Å². The van der Waals surface area contributed by atoms with Crippen molar-refractivity contribution in [1.29, 1.82) is 0 Å². The minimum Gasteiger partial charge on any atom is -0.363 e. The molecule has 1 saturated heterocycles. The second kappa shape index (κ2) is 4.83. The van der Waals surface area contributed by atoms with Crippen molar-refractivity contribution in [3.05, 3.63) is 0 Å². The molecule has 1 atom stereocenters. The molecule has 11 heavy (non-hydrogen) atoms. The summed E-state index contributed by atoms with van der Waals surface area (Å²) in [4.78, 5) is 0. The molecule has 2 nitrogen and oxygen atoms in total. The maximum atomic E-state index is 5.06. The van der Waals surface area contributed by atoms with E-state index in [0.717, 1.165) is 11.7 Å². The van der Waals surface area contributed by atoms with E-state index in [9.17, 15) is 0 Å². The molecular weight excluding hydrogens is 176 g/mol. The average Bonchev–Trinajstić information content (AvgIpc) is 2.40. The van der Waals surface area contributed by atoms with E-state index in [-0.39, 0.29) is 0 Å². The van der Waals surface area contributed by atoms with Crippen LogP contribution in [-0.2, 0) is 0 Å². The highest BCUT2D eigenvalue weighted by Crippen LogP contribution is 2.16. The molecule has 4 heteroatoms. The summed E-state index contributed by atoms with van der Waals surface area (Å²) in [5.74, 6) is 2.47. The lowest BCUT2D eigenvalue weighted by atomic mass is 10.3. The Balaban J connectivity index is 2.13. The molecule has 1 heterocycles. The second-order valence-corrected chi connectivity index (χ2v) is 4.12. The van der Waals surface area contributed by atoms with Crippen molar-refractivity contribution in [2.45, 2.75) is 19.4 Å². The summed E-state index contributed by atoms with van der Waals surface area (Å²) in [7, 11) is 0. The molecule has 0 spiro atoms. The first kappa shape index (κ1) is 9.13. The molecule has 0 aromatic rings. The number of hydrogen-bond acceptors (Lipinski definition) is 2. The van der Waals surface area contributed by atoms with Gasteiger partial charge in [-0.1, -0.05) is 0 Å². The summed E-state index contributed by atoms with van der Waals surface area (Å²) in [5, 5.41) is 7.17. The molecule has 0 bridgehead atoms. The molecule has 1 rings (SSSR count). The van der Waals surface area contributed by atoms with Crippen molar-refractivity contribution < 1.29 is 0 Å². The van der Waals surface area contributed by atoms with Gasteiger partial charge in [0, 0.05) is 18.3 Å². The summed E-state index contributed by atoms with van der Waals surface area (Å²) >= 11 is 7.05. The first-order valence-corrected chi connectivity index (χ1v) is 5.51. The van der Waals surface area contributed by atoms with Crippen molar-refractivity contribution in [3.8, 4) is 0 Å². The van der Waals surface area contributed by atoms with E-state index in [1.807, 2.05) is 11.8 Å². The van der Waals surface area contributed by atoms with Crippen molar-refractivity contribution >= 4 is 29.1 Å². The number of thioether (sulfide) groups is 1. The van der Waals surface area contributed by atoms with Gasteiger partial charge in [-0.2, -0.15) is 11.8 Å². The minimum absolute atomic E-state index is 0.603. The lowest BCUT2D eigenvalue weighted by molar-refractivity contribution is 0.668. The van der Waals surface area contributed by atoms with Gasteiger partial charge >= 0.3 is 0 Å². The van der Waals surface area contributed by atoms with Gasteiger partial charge in [0.05, 0.1) is 0 Å². The smallest absolute Gasteiger partial charge is 0.166 e. The fourth-order valence-corrected chi connectivity index (χ4v) is 2.51. The molecule has 0 saturated carbocycles. The van der Waals surface area contributed by atoms with Gasteiger partial charge in [-0.05, 0) is 31.3 Å². The summed E-state index contributed by atoms with van der Waals surface area (Å²) in [6.45, 7) is 2.96. The van der Waals surface area contributed by atoms with Crippen LogP contribution in [0.3, 0.4) is 0 Å². The van der Waals surface area contributed by atoms with E-state index in [1.54, 1.807) is 0 Å². The normalized spacial score (nSPS) is 23.2. The third-order valence-electron chi connectivity index (χ3n) is 1.60. The van der Waals surface area contributed by atoms with Crippen LogP contribution in [0.2, 0.25) is 0 Å². The highest BCUT2D eigenvalue weighted by molar-refractivity contribution is 7.99. The molecule has 0 aromatic heterocycles. The fraction of sp³-hybridized carbons (Fsp3) is 0.857. The number of hydrogen-bond donors (Lipinski definition) is 2. The van der Waals surface area contributed by atoms with Gasteiger partial charge < -0.3 is 10.6 Å². The predicted molar refractivity (Wildman–Crippen MR) is 55.1 cm³/mol. The Bertz CT molecular complexity index is 132. The molecule has 0 aromatic carbocycles. The highest BCUT2D eigenvalue weighted by Gasteiger charge is 2.15. The van der Waals surface area contributed by atoms with Gasteiger partial charge in [0.1, 0.15) is 0 Å². The van der Waals surface area contributed by atoms with Crippen molar-refractivity contribution in [1.82, 2.24) is 10.6 Å². The SMILES string of the molecule is CCNC(=S)NC1CCSC1. The number of rotatable bonds is 2. The van der Waals surface area contributed by atoms with Gasteiger partial charge in [0.15, 0.2) is 5.11 Å². The Hall–Kier alpha value is 0.0400. The van der Waals surface area contributed by atoms with Crippen LogP contribution >= 0.6 is 24.0 Å². The van der Waals surface area contributed by atoms with Crippen molar-refractivity contribution in [3.63, 3.8) is 0 Å². The fourth-order valence-electron chi connectivity index (χ4n) is 1.05. The zero-order valence-corrected chi connectivity index (χ0v) is 8.36. The van der Waals surface area contributed by atoms with Crippen LogP contribution in [-0.4, -0.2) is 29.2 Å². The van der Waals surface area contributed by atoms with E-state index >= 15 is 0 Å². The third-order valence-corrected chi connectivity index (χ3v) is 3.03. The van der Waals surface area contributed by atoms with Crippen LogP contribution in [0.4, 0.5) is 0 Å². The molecule has 1 aliphatic heterocycles. The number of nitrogens with one attached hydrogen (secondary N) is 2. The Morgan fingerprint density at radius 2 is 2.55 bits per heavy atom. The molecular formula is C7H14N2S2. The molecule has 1 aliphatic rings. The zero-order chi connectivity index (χ0) is 8.10. The third kappa shape index (κ3) is 3.29. The van der Waals surface area contributed by atoms with Crippen molar-refractivity contribution in [2.75, 3.05) is 18.1 Å². The standard InChI is InChI=1S/C7H14N2S2/c1-2-8-7(10)9-6-3-4-11-5-6/h6H,2-5H2,1H3,(H2,8,9,10). The van der Waals surface area contributed by atoms with E-state index in [1.165, 1.54) is 17.9 Å². The number of thiocarbonyl (C=S) groups is 1. The second-order valence-electron chi connectivity index (χ2n) is 2.56. The Morgan fingerprint density at radius 1 is 1.73 bits per heavy atom. The van der Waals surface area contributed by atoms with Crippen LogP contribution < -0.4 is 10.6 Å². The van der Waals surface area contributed by atoms with E-state index in [2.05, 4.69) is 17.6 Å². The summed E-state index contributed by atoms with van der Waals surface area (Å²) in [6, 6.07) is 0.603. The van der Waals surface area contributed by atoms with Crippen molar-refractivity contribution in [2.24, 2.45) is 0 Å². The average molecular weight is 190 g/mol. The summed E-state index contributed by atoms with van der Waals surface area (Å²) in [5.41, 5.74) is 0. The monoisotopic (exact) mass is 190 g/mol. The van der Waals surface area contributed by atoms with Gasteiger partial charge in [-0.25, -0.2) is 0 Å². The van der Waals surface area contributed by atoms with Crippen LogP contribution in [0.25, 0.3) is 0 Å². The Kier molecular flexibility index (Phi) is 4.01. The quantitative estimate of drug-likeness (QED) is 0.634. The molecule has 1 fully saturated rings. The minimum atomic E-state index is 0.603. The lowest BCUT2D eigenvalue weighted by Gasteiger charge is -2.13. The lowest BCUT2D eigenvalue weighted by Crippen LogP contribution is -2.41.